The largest absolute Gasteiger partial charge is 0.481 e. The minimum Gasteiger partial charge on any atom is -0.481 e. The number of hydrogen-bond acceptors (Lipinski definition) is 4. The van der Waals surface area contributed by atoms with Crippen LogP contribution in [0.2, 0.25) is 0 Å². The van der Waals surface area contributed by atoms with Crippen molar-refractivity contribution in [1.29, 1.82) is 0 Å². The van der Waals surface area contributed by atoms with E-state index in [1.54, 1.807) is 12.1 Å². The maximum Gasteiger partial charge on any atom is 0.305 e. The Morgan fingerprint density at radius 2 is 2.06 bits per heavy atom. The molecule has 0 saturated carbocycles. The molecule has 3 N–H and O–H groups in total. The molecular formula is C11H12N4O2. The number of anilines is 1. The highest BCUT2D eigenvalue weighted by Crippen LogP contribution is 2.15. The van der Waals surface area contributed by atoms with Gasteiger partial charge in [0.15, 0.2) is 5.82 Å². The smallest absolute Gasteiger partial charge is 0.305 e. The molecule has 1 aromatic carbocycles. The number of carboxylic acids is 1. The topological polar surface area (TPSA) is 94.0 Å². The summed E-state index contributed by atoms with van der Waals surface area (Å²) >= 11 is 0. The van der Waals surface area contributed by atoms with Crippen LogP contribution in [0.25, 0.3) is 11.4 Å². The molecule has 0 spiro atoms. The van der Waals surface area contributed by atoms with Crippen molar-refractivity contribution in [3.8, 4) is 11.4 Å². The van der Waals surface area contributed by atoms with E-state index in [0.29, 0.717) is 18.1 Å². The fraction of sp³-hybridized carbons (Fsp3) is 0.182. The minimum absolute atomic E-state index is 0.0323. The zero-order valence-electron chi connectivity index (χ0n) is 9.08. The van der Waals surface area contributed by atoms with Gasteiger partial charge in [-0.1, -0.05) is 0 Å². The normalized spacial score (nSPS) is 10.4. The highest BCUT2D eigenvalue weighted by Gasteiger charge is 2.05. The predicted molar refractivity (Wildman–Crippen MR) is 62.1 cm³/mol. The van der Waals surface area contributed by atoms with Crippen LogP contribution >= 0.6 is 0 Å². The first kappa shape index (κ1) is 11.1. The van der Waals surface area contributed by atoms with Gasteiger partial charge in [0.05, 0.1) is 13.0 Å². The quantitative estimate of drug-likeness (QED) is 0.767. The van der Waals surface area contributed by atoms with Gasteiger partial charge in [0.1, 0.15) is 6.33 Å². The van der Waals surface area contributed by atoms with Crippen LogP contribution in [0.15, 0.2) is 30.6 Å². The molecule has 0 saturated heterocycles. The average Bonchev–Trinajstić information content (AvgIpc) is 2.76. The number of carbonyl (C=O) groups is 1. The van der Waals surface area contributed by atoms with E-state index in [1.807, 2.05) is 12.1 Å². The van der Waals surface area contributed by atoms with E-state index in [0.717, 1.165) is 5.56 Å². The van der Waals surface area contributed by atoms with Crippen molar-refractivity contribution in [2.24, 2.45) is 0 Å². The minimum atomic E-state index is -0.852. The fourth-order valence-corrected chi connectivity index (χ4v) is 1.38. The van der Waals surface area contributed by atoms with Gasteiger partial charge >= 0.3 is 5.97 Å². The Morgan fingerprint density at radius 3 is 2.71 bits per heavy atom. The Bertz CT molecular complexity index is 519. The lowest BCUT2D eigenvalue weighted by Crippen LogP contribution is -2.04. The van der Waals surface area contributed by atoms with E-state index in [4.69, 9.17) is 10.8 Å². The van der Waals surface area contributed by atoms with Gasteiger partial charge < -0.3 is 10.8 Å². The van der Waals surface area contributed by atoms with Crippen molar-refractivity contribution >= 4 is 11.7 Å². The Morgan fingerprint density at radius 1 is 1.35 bits per heavy atom. The second-order valence-corrected chi connectivity index (χ2v) is 3.60. The monoisotopic (exact) mass is 232 g/mol. The third kappa shape index (κ3) is 2.81. The lowest BCUT2D eigenvalue weighted by Gasteiger charge is -1.97. The molecule has 2 aromatic rings. The number of rotatable bonds is 4. The second-order valence-electron chi connectivity index (χ2n) is 3.60. The summed E-state index contributed by atoms with van der Waals surface area (Å²) in [5, 5.41) is 12.7. The Hall–Kier alpha value is -2.37. The zero-order chi connectivity index (χ0) is 12.3. The zero-order valence-corrected chi connectivity index (χ0v) is 9.08. The van der Waals surface area contributed by atoms with Crippen molar-refractivity contribution in [1.82, 2.24) is 14.8 Å². The van der Waals surface area contributed by atoms with Crippen molar-refractivity contribution in [3.05, 3.63) is 30.6 Å². The number of nitrogens with zero attached hydrogens (tertiary/aromatic N) is 3. The molecular weight excluding hydrogens is 220 g/mol. The first-order chi connectivity index (χ1) is 8.15. The van der Waals surface area contributed by atoms with Gasteiger partial charge in [-0.3, -0.25) is 9.48 Å². The average molecular weight is 232 g/mol. The van der Waals surface area contributed by atoms with Crippen LogP contribution in [0.3, 0.4) is 0 Å². The summed E-state index contributed by atoms with van der Waals surface area (Å²) in [6, 6.07) is 7.19. The summed E-state index contributed by atoms with van der Waals surface area (Å²) in [6.07, 6.45) is 1.55. The SMILES string of the molecule is Nc1ccc(-c2ncn(CCC(=O)O)n2)cc1. The summed E-state index contributed by atoms with van der Waals surface area (Å²) in [5.41, 5.74) is 7.11. The van der Waals surface area contributed by atoms with Gasteiger partial charge in [0.25, 0.3) is 0 Å². The summed E-state index contributed by atoms with van der Waals surface area (Å²) in [6.45, 7) is 0.317. The maximum atomic E-state index is 10.4. The second kappa shape index (κ2) is 4.65. The molecule has 6 nitrogen and oxygen atoms in total. The van der Waals surface area contributed by atoms with Gasteiger partial charge in [-0.25, -0.2) is 4.98 Å². The molecule has 0 amide bonds. The molecule has 2 rings (SSSR count). The van der Waals surface area contributed by atoms with Crippen LogP contribution in [-0.4, -0.2) is 25.8 Å². The van der Waals surface area contributed by atoms with E-state index in [-0.39, 0.29) is 6.42 Å². The van der Waals surface area contributed by atoms with Crippen molar-refractivity contribution in [2.75, 3.05) is 5.73 Å². The number of benzene rings is 1. The summed E-state index contributed by atoms with van der Waals surface area (Å²) in [5.74, 6) is -0.287. The van der Waals surface area contributed by atoms with E-state index in [2.05, 4.69) is 10.1 Å². The lowest BCUT2D eigenvalue weighted by molar-refractivity contribution is -0.137. The molecule has 0 unspecified atom stereocenters. The number of aryl methyl sites for hydroxylation is 1. The summed E-state index contributed by atoms with van der Waals surface area (Å²) in [7, 11) is 0. The molecule has 0 aliphatic rings. The molecule has 1 aromatic heterocycles. The Balaban J connectivity index is 2.12. The highest BCUT2D eigenvalue weighted by molar-refractivity contribution is 5.66. The molecule has 0 aliphatic carbocycles. The molecule has 0 aliphatic heterocycles. The van der Waals surface area contributed by atoms with Crippen LogP contribution in [-0.2, 0) is 11.3 Å². The van der Waals surface area contributed by atoms with Crippen molar-refractivity contribution in [3.63, 3.8) is 0 Å². The van der Waals surface area contributed by atoms with Crippen LogP contribution < -0.4 is 5.73 Å². The molecule has 17 heavy (non-hydrogen) atoms. The van der Waals surface area contributed by atoms with E-state index >= 15 is 0 Å². The molecule has 0 fully saturated rings. The molecule has 6 heteroatoms. The number of aromatic nitrogens is 3. The Kier molecular flexibility index (Phi) is 3.04. The Labute approximate surface area is 97.7 Å². The lowest BCUT2D eigenvalue weighted by atomic mass is 10.2. The molecule has 1 heterocycles. The predicted octanol–water partition coefficient (Wildman–Crippen LogP) is 1.00. The van der Waals surface area contributed by atoms with Crippen LogP contribution in [0.5, 0.6) is 0 Å². The number of nitrogens with two attached hydrogens (primary N) is 1. The highest BCUT2D eigenvalue weighted by atomic mass is 16.4. The fourth-order valence-electron chi connectivity index (χ4n) is 1.38. The van der Waals surface area contributed by atoms with Crippen LogP contribution in [0.4, 0.5) is 5.69 Å². The molecule has 0 bridgehead atoms. The third-order valence-corrected chi connectivity index (χ3v) is 2.26. The van der Waals surface area contributed by atoms with E-state index in [1.165, 1.54) is 11.0 Å². The van der Waals surface area contributed by atoms with Crippen molar-refractivity contribution < 1.29 is 9.90 Å². The van der Waals surface area contributed by atoms with Crippen molar-refractivity contribution in [2.45, 2.75) is 13.0 Å². The van der Waals surface area contributed by atoms with Gasteiger partial charge in [0, 0.05) is 11.3 Å². The first-order valence-corrected chi connectivity index (χ1v) is 5.12. The summed E-state index contributed by atoms with van der Waals surface area (Å²) in [4.78, 5) is 14.5. The van der Waals surface area contributed by atoms with Crippen LogP contribution in [0, 0.1) is 0 Å². The van der Waals surface area contributed by atoms with E-state index in [9.17, 15) is 4.79 Å². The third-order valence-electron chi connectivity index (χ3n) is 2.26. The molecule has 0 radical (unpaired) electrons. The molecule has 88 valence electrons. The summed E-state index contributed by atoms with van der Waals surface area (Å²) < 4.78 is 1.51. The van der Waals surface area contributed by atoms with E-state index < -0.39 is 5.97 Å². The number of nitrogen functional groups attached to an aromatic ring is 1. The number of hydrogen-bond donors (Lipinski definition) is 2. The molecule has 0 atom stereocenters. The van der Waals surface area contributed by atoms with Gasteiger partial charge in [-0.05, 0) is 24.3 Å². The number of aliphatic carboxylic acids is 1. The van der Waals surface area contributed by atoms with Gasteiger partial charge in [-0.15, -0.1) is 0 Å². The van der Waals surface area contributed by atoms with Crippen LogP contribution in [0.1, 0.15) is 6.42 Å². The van der Waals surface area contributed by atoms with Gasteiger partial charge in [0.2, 0.25) is 0 Å². The number of carboxylic acid groups (broad SMARTS) is 1. The first-order valence-electron chi connectivity index (χ1n) is 5.12. The standard InChI is InChI=1S/C11H12N4O2/c12-9-3-1-8(2-4-9)11-13-7-15(14-11)6-5-10(16)17/h1-4,7H,5-6,12H2,(H,16,17). The maximum absolute atomic E-state index is 10.4. The van der Waals surface area contributed by atoms with Gasteiger partial charge in [-0.2, -0.15) is 5.10 Å².